The molecule has 2 rings (SSSR count). The van der Waals surface area contributed by atoms with Gasteiger partial charge in [-0.05, 0) is 48.9 Å². The Morgan fingerprint density at radius 2 is 1.76 bits per heavy atom. The number of hydrogen-bond acceptors (Lipinski definition) is 3. The highest BCUT2D eigenvalue weighted by molar-refractivity contribution is 6.34. The lowest BCUT2D eigenvalue weighted by molar-refractivity contribution is 0.338. The van der Waals surface area contributed by atoms with Crippen LogP contribution in [0.3, 0.4) is 0 Å². The summed E-state index contributed by atoms with van der Waals surface area (Å²) in [5.41, 5.74) is 2.02. The average molecular weight is 325 g/mol. The average Bonchev–Trinajstić information content (AvgIpc) is 2.44. The second-order valence-corrected chi connectivity index (χ2v) is 5.45. The molecule has 0 spiro atoms. The topological polar surface area (TPSA) is 34.2 Å². The van der Waals surface area contributed by atoms with Crippen LogP contribution in [0.25, 0.3) is 0 Å². The summed E-state index contributed by atoms with van der Waals surface area (Å²) in [4.78, 5) is 4.25. The van der Waals surface area contributed by atoms with E-state index in [-0.39, 0.29) is 6.04 Å². The van der Waals surface area contributed by atoms with Crippen molar-refractivity contribution >= 4 is 23.2 Å². The highest BCUT2D eigenvalue weighted by Gasteiger charge is 2.15. The molecule has 0 aliphatic carbocycles. The molecule has 1 unspecified atom stereocenters. The van der Waals surface area contributed by atoms with Crippen LogP contribution in [0.1, 0.15) is 31.0 Å². The number of nitrogens with one attached hydrogen (secondary N) is 1. The Hall–Kier alpha value is -1.29. The summed E-state index contributed by atoms with van der Waals surface area (Å²) in [5.74, 6) is 0.756. The molecule has 2 aromatic rings. The minimum atomic E-state index is -0.0286. The first kappa shape index (κ1) is 16.1. The summed E-state index contributed by atoms with van der Waals surface area (Å²) >= 11 is 12.2. The van der Waals surface area contributed by atoms with Gasteiger partial charge in [-0.25, -0.2) is 0 Å². The fourth-order valence-corrected chi connectivity index (χ4v) is 2.76. The summed E-state index contributed by atoms with van der Waals surface area (Å²) in [6.45, 7) is 5.43. The third kappa shape index (κ3) is 4.34. The summed E-state index contributed by atoms with van der Waals surface area (Å²) in [5, 5.41) is 4.67. The molecule has 0 amide bonds. The van der Waals surface area contributed by atoms with Gasteiger partial charge in [0.25, 0.3) is 0 Å². The van der Waals surface area contributed by atoms with Crippen molar-refractivity contribution < 1.29 is 4.74 Å². The Bertz CT molecular complexity index is 584. The van der Waals surface area contributed by atoms with Crippen molar-refractivity contribution in [2.24, 2.45) is 0 Å². The molecule has 0 aliphatic heterocycles. The Labute approximate surface area is 135 Å². The first-order valence-electron chi connectivity index (χ1n) is 6.91. The summed E-state index contributed by atoms with van der Waals surface area (Å²) < 4.78 is 5.52. The second kappa shape index (κ2) is 7.64. The predicted molar refractivity (Wildman–Crippen MR) is 87.4 cm³/mol. The van der Waals surface area contributed by atoms with Crippen LogP contribution in [0.5, 0.6) is 5.75 Å². The first-order chi connectivity index (χ1) is 10.1. The lowest BCUT2D eigenvalue weighted by Crippen LogP contribution is -2.22. The zero-order valence-electron chi connectivity index (χ0n) is 12.1. The highest BCUT2D eigenvalue weighted by atomic mass is 35.5. The zero-order valence-corrected chi connectivity index (χ0v) is 13.6. The van der Waals surface area contributed by atoms with Crippen LogP contribution < -0.4 is 10.1 Å². The molecule has 1 aromatic carbocycles. The molecule has 0 saturated heterocycles. The van der Waals surface area contributed by atoms with Gasteiger partial charge in [-0.2, -0.15) is 0 Å². The standard InChI is InChI=1S/C16H18Cl2N2O/c1-3-20-16(11-5-13(17)8-14(18)6-11)12-7-15(21-4-2)10-19-9-12/h5-10,16,20H,3-4H2,1-2H3. The lowest BCUT2D eigenvalue weighted by atomic mass is 10.00. The van der Waals surface area contributed by atoms with Gasteiger partial charge in [-0.15, -0.1) is 0 Å². The normalized spacial score (nSPS) is 12.2. The monoisotopic (exact) mass is 324 g/mol. The van der Waals surface area contributed by atoms with Gasteiger partial charge in [0.15, 0.2) is 0 Å². The van der Waals surface area contributed by atoms with E-state index in [0.717, 1.165) is 23.4 Å². The minimum absolute atomic E-state index is 0.0286. The van der Waals surface area contributed by atoms with Crippen LogP contribution in [0.15, 0.2) is 36.7 Å². The molecule has 1 aromatic heterocycles. The van der Waals surface area contributed by atoms with E-state index in [1.54, 1.807) is 12.3 Å². The SMILES string of the molecule is CCNC(c1cc(Cl)cc(Cl)c1)c1cncc(OCC)c1. The number of halogens is 2. The Kier molecular flexibility index (Phi) is 5.85. The molecule has 1 N–H and O–H groups in total. The van der Waals surface area contributed by atoms with Crippen molar-refractivity contribution in [1.82, 2.24) is 10.3 Å². The molecule has 5 heteroatoms. The molecule has 112 valence electrons. The molecule has 0 radical (unpaired) electrons. The van der Waals surface area contributed by atoms with E-state index in [9.17, 15) is 0 Å². The van der Waals surface area contributed by atoms with Crippen LogP contribution in [0.4, 0.5) is 0 Å². The summed E-state index contributed by atoms with van der Waals surface area (Å²) in [7, 11) is 0. The molecule has 1 atom stereocenters. The largest absolute Gasteiger partial charge is 0.492 e. The Morgan fingerprint density at radius 3 is 2.38 bits per heavy atom. The summed E-state index contributed by atoms with van der Waals surface area (Å²) in [6.07, 6.45) is 3.53. The number of benzene rings is 1. The molecule has 0 aliphatic rings. The van der Waals surface area contributed by atoms with Gasteiger partial charge in [-0.3, -0.25) is 4.98 Å². The third-order valence-electron chi connectivity index (χ3n) is 3.01. The number of hydrogen-bond donors (Lipinski definition) is 1. The smallest absolute Gasteiger partial charge is 0.137 e. The van der Waals surface area contributed by atoms with E-state index in [2.05, 4.69) is 17.2 Å². The van der Waals surface area contributed by atoms with Gasteiger partial charge in [0.05, 0.1) is 18.8 Å². The lowest BCUT2D eigenvalue weighted by Gasteiger charge is -2.20. The molecule has 3 nitrogen and oxygen atoms in total. The first-order valence-corrected chi connectivity index (χ1v) is 7.66. The molecule has 0 saturated carbocycles. The predicted octanol–water partition coefficient (Wildman–Crippen LogP) is 4.49. The Balaban J connectivity index is 2.40. The molecular formula is C16H18Cl2N2O. The van der Waals surface area contributed by atoms with E-state index < -0.39 is 0 Å². The van der Waals surface area contributed by atoms with Crippen molar-refractivity contribution in [3.05, 3.63) is 57.8 Å². The number of pyridine rings is 1. The fourth-order valence-electron chi connectivity index (χ4n) is 2.21. The van der Waals surface area contributed by atoms with E-state index in [4.69, 9.17) is 27.9 Å². The number of rotatable bonds is 6. The number of aromatic nitrogens is 1. The van der Waals surface area contributed by atoms with Crippen molar-refractivity contribution in [3.63, 3.8) is 0 Å². The van der Waals surface area contributed by atoms with Gasteiger partial charge in [-0.1, -0.05) is 30.1 Å². The van der Waals surface area contributed by atoms with E-state index in [1.807, 2.05) is 31.3 Å². The van der Waals surface area contributed by atoms with Gasteiger partial charge in [0.2, 0.25) is 0 Å². The maximum absolute atomic E-state index is 6.11. The Morgan fingerprint density at radius 1 is 1.05 bits per heavy atom. The van der Waals surface area contributed by atoms with Crippen molar-refractivity contribution in [1.29, 1.82) is 0 Å². The maximum atomic E-state index is 6.11. The van der Waals surface area contributed by atoms with E-state index in [0.29, 0.717) is 16.7 Å². The van der Waals surface area contributed by atoms with Gasteiger partial charge in [0.1, 0.15) is 5.75 Å². The van der Waals surface area contributed by atoms with Crippen molar-refractivity contribution in [2.75, 3.05) is 13.2 Å². The van der Waals surface area contributed by atoms with Crippen LogP contribution in [0.2, 0.25) is 10.0 Å². The van der Waals surface area contributed by atoms with Crippen LogP contribution in [0, 0.1) is 0 Å². The molecular weight excluding hydrogens is 307 g/mol. The molecule has 0 fully saturated rings. The van der Waals surface area contributed by atoms with Gasteiger partial charge in [0, 0.05) is 16.2 Å². The van der Waals surface area contributed by atoms with Gasteiger partial charge >= 0.3 is 0 Å². The fraction of sp³-hybridized carbons (Fsp3) is 0.312. The molecule has 21 heavy (non-hydrogen) atoms. The molecule has 1 heterocycles. The third-order valence-corrected chi connectivity index (χ3v) is 3.44. The van der Waals surface area contributed by atoms with Crippen molar-refractivity contribution in [3.8, 4) is 5.75 Å². The van der Waals surface area contributed by atoms with E-state index >= 15 is 0 Å². The number of ether oxygens (including phenoxy) is 1. The minimum Gasteiger partial charge on any atom is -0.492 e. The summed E-state index contributed by atoms with van der Waals surface area (Å²) in [6, 6.07) is 7.50. The quantitative estimate of drug-likeness (QED) is 0.850. The van der Waals surface area contributed by atoms with E-state index in [1.165, 1.54) is 0 Å². The van der Waals surface area contributed by atoms with Crippen LogP contribution in [-0.4, -0.2) is 18.1 Å². The molecule has 0 bridgehead atoms. The highest BCUT2D eigenvalue weighted by Crippen LogP contribution is 2.29. The van der Waals surface area contributed by atoms with Crippen LogP contribution in [-0.2, 0) is 0 Å². The van der Waals surface area contributed by atoms with Gasteiger partial charge < -0.3 is 10.1 Å². The maximum Gasteiger partial charge on any atom is 0.137 e. The van der Waals surface area contributed by atoms with Crippen LogP contribution >= 0.6 is 23.2 Å². The second-order valence-electron chi connectivity index (χ2n) is 4.58. The zero-order chi connectivity index (χ0) is 15.2. The van der Waals surface area contributed by atoms with Crippen molar-refractivity contribution in [2.45, 2.75) is 19.9 Å². The number of nitrogens with zero attached hydrogens (tertiary/aromatic N) is 1.